The van der Waals surface area contributed by atoms with Gasteiger partial charge in [0.15, 0.2) is 5.82 Å². The second-order valence-electron chi connectivity index (χ2n) is 11.3. The van der Waals surface area contributed by atoms with E-state index < -0.39 is 92.5 Å². The minimum Gasteiger partial charge on any atom is -0.326 e. The monoisotopic (exact) mass is 745 g/mol. The fourth-order valence-corrected chi connectivity index (χ4v) is 6.21. The van der Waals surface area contributed by atoms with E-state index in [4.69, 9.17) is 34.8 Å². The molecule has 0 unspecified atom stereocenters. The molecule has 2 saturated carbocycles. The van der Waals surface area contributed by atoms with Crippen LogP contribution in [0.25, 0.3) is 0 Å². The zero-order chi connectivity index (χ0) is 35.6. The summed E-state index contributed by atoms with van der Waals surface area (Å²) >= 11 is 18.5. The Morgan fingerprint density at radius 3 is 2.08 bits per heavy atom. The fraction of sp³-hybridized carbons (Fsp3) is 0.300. The number of hydrogen-bond donors (Lipinski definition) is 3. The largest absolute Gasteiger partial charge is 0.419 e. The normalized spacial score (nSPS) is 19.3. The third kappa shape index (κ3) is 6.90. The van der Waals surface area contributed by atoms with Crippen molar-refractivity contribution >= 4 is 69.6 Å². The Morgan fingerprint density at radius 2 is 1.48 bits per heavy atom. The van der Waals surface area contributed by atoms with Gasteiger partial charge >= 0.3 is 12.4 Å². The number of benzene rings is 3. The quantitative estimate of drug-likeness (QED) is 0.159. The van der Waals surface area contributed by atoms with E-state index in [1.54, 1.807) is 5.32 Å². The summed E-state index contributed by atoms with van der Waals surface area (Å²) < 4.78 is 121. The van der Waals surface area contributed by atoms with Crippen LogP contribution in [0.5, 0.6) is 0 Å². The van der Waals surface area contributed by atoms with Crippen molar-refractivity contribution in [3.63, 3.8) is 0 Å². The molecule has 2 aliphatic carbocycles. The zero-order valence-corrected chi connectivity index (χ0v) is 25.9. The van der Waals surface area contributed by atoms with Crippen molar-refractivity contribution in [3.8, 4) is 0 Å². The summed E-state index contributed by atoms with van der Waals surface area (Å²) in [5.74, 6) is -10.2. The van der Waals surface area contributed by atoms with Crippen LogP contribution in [0, 0.1) is 28.8 Å². The van der Waals surface area contributed by atoms with E-state index in [-0.39, 0.29) is 34.7 Å². The van der Waals surface area contributed by atoms with Gasteiger partial charge < -0.3 is 16.0 Å². The van der Waals surface area contributed by atoms with Crippen molar-refractivity contribution in [2.75, 3.05) is 16.0 Å². The van der Waals surface area contributed by atoms with Crippen LogP contribution < -0.4 is 16.0 Å². The summed E-state index contributed by atoms with van der Waals surface area (Å²) in [6, 6.07) is 6.92. The molecular weight excluding hydrogens is 728 g/mol. The molecule has 0 radical (unpaired) electrons. The van der Waals surface area contributed by atoms with Crippen LogP contribution in [0.4, 0.5) is 56.6 Å². The molecule has 0 heterocycles. The highest BCUT2D eigenvalue weighted by molar-refractivity contribution is 6.53. The molecule has 3 aromatic rings. The van der Waals surface area contributed by atoms with Gasteiger partial charge in [-0.05, 0) is 60.9 Å². The minimum atomic E-state index is -5.03. The summed E-state index contributed by atoms with van der Waals surface area (Å²) in [6.07, 6.45) is -11.4. The highest BCUT2D eigenvalue weighted by Gasteiger charge is 2.68. The molecule has 6 nitrogen and oxygen atoms in total. The maximum atomic E-state index is 15.2. The maximum Gasteiger partial charge on any atom is 0.419 e. The van der Waals surface area contributed by atoms with E-state index in [0.29, 0.717) is 18.2 Å². The topological polar surface area (TPSA) is 87.3 Å². The van der Waals surface area contributed by atoms with E-state index in [0.717, 1.165) is 24.3 Å². The first-order valence-electron chi connectivity index (χ1n) is 13.7. The Hall–Kier alpha value is -3.69. The van der Waals surface area contributed by atoms with E-state index in [9.17, 15) is 49.5 Å². The molecule has 3 aromatic carbocycles. The van der Waals surface area contributed by atoms with E-state index in [1.165, 1.54) is 6.07 Å². The Balaban J connectivity index is 1.30. The predicted molar refractivity (Wildman–Crippen MR) is 157 cm³/mol. The summed E-state index contributed by atoms with van der Waals surface area (Å²) in [6.45, 7) is 0. The van der Waals surface area contributed by atoms with Crippen molar-refractivity contribution in [1.29, 1.82) is 0 Å². The number of hydrogen-bond acceptors (Lipinski definition) is 3. The highest BCUT2D eigenvalue weighted by atomic mass is 35.5. The zero-order valence-electron chi connectivity index (χ0n) is 23.7. The van der Waals surface area contributed by atoms with E-state index >= 15 is 4.39 Å². The molecule has 0 spiro atoms. The molecule has 0 aromatic heterocycles. The van der Waals surface area contributed by atoms with E-state index in [2.05, 4.69) is 10.6 Å². The van der Waals surface area contributed by atoms with Crippen molar-refractivity contribution in [2.45, 2.75) is 41.9 Å². The van der Waals surface area contributed by atoms with E-state index in [1.807, 2.05) is 0 Å². The molecule has 0 bridgehead atoms. The Morgan fingerprint density at radius 1 is 0.833 bits per heavy atom. The third-order valence-electron chi connectivity index (χ3n) is 8.03. The molecule has 256 valence electrons. The van der Waals surface area contributed by atoms with Gasteiger partial charge in [-0.25, -0.2) is 13.2 Å². The first-order valence-corrected chi connectivity index (χ1v) is 14.8. The number of halogens is 12. The lowest BCUT2D eigenvalue weighted by Gasteiger charge is -2.19. The Kier molecular flexibility index (Phi) is 9.14. The van der Waals surface area contributed by atoms with Gasteiger partial charge in [0, 0.05) is 18.0 Å². The third-order valence-corrected chi connectivity index (χ3v) is 9.30. The molecule has 2 aliphatic rings. The van der Waals surface area contributed by atoms with Crippen LogP contribution in [0.2, 0.25) is 5.02 Å². The standard InChI is InChI=1S/C30H19Cl3F9N3O3/c31-16-3-2-13(43-26(48)22-21(28(22,32)33)12-1-4-17(34)15(9-12)29(37,38)39)10-14(16)25(47)44-19-6-5-18(35)24(23(19)36)45-20(46)11-27(7-8-27)30(40,41)42/h1-6,9-10,21-22H,7-8,11H2,(H,43,48)(H,44,47)(H,45,46)/t21-,22+/m0/s1. The van der Waals surface area contributed by atoms with Crippen LogP contribution in [0.3, 0.4) is 0 Å². The summed E-state index contributed by atoms with van der Waals surface area (Å²) in [4.78, 5) is 38.3. The van der Waals surface area contributed by atoms with Gasteiger partial charge in [-0.2, -0.15) is 26.3 Å². The molecule has 2 fully saturated rings. The molecule has 18 heteroatoms. The second-order valence-corrected chi connectivity index (χ2v) is 13.1. The van der Waals surface area contributed by atoms with Gasteiger partial charge in [-0.15, -0.1) is 23.2 Å². The molecule has 2 atom stereocenters. The molecule has 48 heavy (non-hydrogen) atoms. The van der Waals surface area contributed by atoms with Crippen LogP contribution in [0.1, 0.15) is 46.7 Å². The van der Waals surface area contributed by atoms with Crippen LogP contribution in [0.15, 0.2) is 48.5 Å². The van der Waals surface area contributed by atoms with Gasteiger partial charge in [0.25, 0.3) is 5.91 Å². The second kappa shape index (κ2) is 12.3. The predicted octanol–water partition coefficient (Wildman–Crippen LogP) is 9.23. The summed E-state index contributed by atoms with van der Waals surface area (Å²) in [7, 11) is 0. The molecule has 5 rings (SSSR count). The molecule has 0 aliphatic heterocycles. The summed E-state index contributed by atoms with van der Waals surface area (Å²) in [5.41, 5.74) is -6.26. The fourth-order valence-electron chi connectivity index (χ4n) is 5.17. The average molecular weight is 747 g/mol. The van der Waals surface area contributed by atoms with Gasteiger partial charge in [-0.3, -0.25) is 14.4 Å². The molecule has 0 saturated heterocycles. The van der Waals surface area contributed by atoms with Crippen molar-refractivity contribution in [1.82, 2.24) is 0 Å². The number of nitrogens with one attached hydrogen (secondary N) is 3. The number of anilines is 3. The number of carbonyl (C=O) groups is 3. The number of amides is 3. The lowest BCUT2D eigenvalue weighted by Crippen LogP contribution is -2.30. The van der Waals surface area contributed by atoms with Crippen molar-refractivity contribution < 1.29 is 53.9 Å². The number of carbonyl (C=O) groups excluding carboxylic acids is 3. The van der Waals surface area contributed by atoms with Crippen LogP contribution in [-0.4, -0.2) is 28.2 Å². The molecule has 3 amide bonds. The van der Waals surface area contributed by atoms with Gasteiger partial charge in [0.05, 0.1) is 33.2 Å². The van der Waals surface area contributed by atoms with Gasteiger partial charge in [0.1, 0.15) is 21.7 Å². The van der Waals surface area contributed by atoms with Crippen LogP contribution >= 0.6 is 34.8 Å². The molecule has 3 N–H and O–H groups in total. The number of alkyl halides is 8. The average Bonchev–Trinajstić information content (AvgIpc) is 3.87. The Bertz CT molecular complexity index is 1830. The SMILES string of the molecule is O=C(CC1(C(F)(F)F)CC1)Nc1c(F)ccc(NC(=O)c2cc(NC(=O)[C@H]3[C@H](c4ccc(F)c(C(F)(F)F)c4)C3(Cl)Cl)ccc2Cl)c1F. The number of rotatable bonds is 8. The Labute approximate surface area is 279 Å². The van der Waals surface area contributed by atoms with Crippen LogP contribution in [-0.2, 0) is 15.8 Å². The molecular formula is C30H19Cl3F9N3O3. The van der Waals surface area contributed by atoms with Crippen molar-refractivity contribution in [3.05, 3.63) is 87.7 Å². The smallest absolute Gasteiger partial charge is 0.326 e. The highest BCUT2D eigenvalue weighted by Crippen LogP contribution is 2.65. The minimum absolute atomic E-state index is 0.0920. The maximum absolute atomic E-state index is 15.2. The lowest BCUT2D eigenvalue weighted by atomic mass is 10.0. The van der Waals surface area contributed by atoms with Crippen molar-refractivity contribution in [2.24, 2.45) is 11.3 Å². The van der Waals surface area contributed by atoms with Gasteiger partial charge in [-0.1, -0.05) is 17.7 Å². The lowest BCUT2D eigenvalue weighted by molar-refractivity contribution is -0.189. The first kappa shape index (κ1) is 35.6. The first-order chi connectivity index (χ1) is 22.2. The summed E-state index contributed by atoms with van der Waals surface area (Å²) in [5, 5.41) is 6.05. The van der Waals surface area contributed by atoms with Gasteiger partial charge in [0.2, 0.25) is 11.8 Å².